The second kappa shape index (κ2) is 3.17. The van der Waals surface area contributed by atoms with Crippen LogP contribution in [0.1, 0.15) is 6.42 Å². The fourth-order valence-electron chi connectivity index (χ4n) is 0.831. The van der Waals surface area contributed by atoms with E-state index in [9.17, 15) is 9.36 Å². The van der Waals surface area contributed by atoms with Gasteiger partial charge in [0, 0.05) is 7.11 Å². The molecule has 2 unspecified atom stereocenters. The Morgan fingerprint density at radius 2 is 2.50 bits per heavy atom. The summed E-state index contributed by atoms with van der Waals surface area (Å²) in [4.78, 5) is 10.5. The first-order valence-corrected chi connectivity index (χ1v) is 4.37. The molecule has 2 atom stereocenters. The van der Waals surface area contributed by atoms with Crippen molar-refractivity contribution in [3.05, 3.63) is 0 Å². The van der Waals surface area contributed by atoms with E-state index in [1.165, 1.54) is 7.11 Å². The highest BCUT2D eigenvalue weighted by Gasteiger charge is 2.28. The van der Waals surface area contributed by atoms with Crippen LogP contribution in [0.4, 0.5) is 0 Å². The van der Waals surface area contributed by atoms with Gasteiger partial charge in [0.15, 0.2) is 8.03 Å². The maximum atomic E-state index is 10.9. The van der Waals surface area contributed by atoms with Crippen LogP contribution in [0, 0.1) is 0 Å². The predicted molar refractivity (Wildman–Crippen MR) is 35.4 cm³/mol. The summed E-state index contributed by atoms with van der Waals surface area (Å²) in [6.07, 6.45) is 0.242. The van der Waals surface area contributed by atoms with Crippen molar-refractivity contribution >= 4 is 14.0 Å². The average Bonchev–Trinajstić information content (AvgIpc) is 2.34. The first kappa shape index (κ1) is 7.76. The highest BCUT2D eigenvalue weighted by Crippen LogP contribution is 2.33. The summed E-state index contributed by atoms with van der Waals surface area (Å²) in [6, 6.07) is 0. The minimum absolute atomic E-state index is 0.192. The van der Waals surface area contributed by atoms with Crippen LogP contribution in [0.15, 0.2) is 0 Å². The summed E-state index contributed by atoms with van der Waals surface area (Å²) in [5.74, 6) is -0.277. The lowest BCUT2D eigenvalue weighted by Gasteiger charge is -2.01. The van der Waals surface area contributed by atoms with E-state index in [1.54, 1.807) is 0 Å². The van der Waals surface area contributed by atoms with Gasteiger partial charge in [-0.1, -0.05) is 0 Å². The normalized spacial score (nSPS) is 28.1. The molecule has 4 nitrogen and oxygen atoms in total. The Morgan fingerprint density at radius 3 is 2.90 bits per heavy atom. The molecule has 10 heavy (non-hydrogen) atoms. The van der Waals surface area contributed by atoms with Crippen LogP contribution in [-0.4, -0.2) is 25.3 Å². The smallest absolute Gasteiger partial charge is 0.306 e. The number of esters is 1. The van der Waals surface area contributed by atoms with Gasteiger partial charge in [0.25, 0.3) is 0 Å². The van der Waals surface area contributed by atoms with Crippen LogP contribution in [-0.2, 0) is 18.6 Å². The molecule has 1 rings (SSSR count). The second-order valence-electron chi connectivity index (χ2n) is 2.11. The topological polar surface area (TPSA) is 52.6 Å². The molecular weight excluding hydrogens is 155 g/mol. The van der Waals surface area contributed by atoms with E-state index >= 15 is 0 Å². The number of rotatable bonds is 2. The monoisotopic (exact) mass is 164 g/mol. The largest absolute Gasteiger partial charge is 0.465 e. The van der Waals surface area contributed by atoms with Crippen LogP contribution in [0.3, 0.4) is 0 Å². The van der Waals surface area contributed by atoms with Crippen LogP contribution < -0.4 is 0 Å². The Labute approximate surface area is 59.4 Å². The van der Waals surface area contributed by atoms with Crippen molar-refractivity contribution in [1.82, 2.24) is 0 Å². The molecule has 5 heteroatoms. The van der Waals surface area contributed by atoms with Crippen molar-refractivity contribution in [3.8, 4) is 0 Å². The third kappa shape index (κ3) is 1.58. The molecule has 0 N–H and O–H groups in total. The SMILES string of the molecule is CO[PH](=O)C1COC(=O)C1. The number of carbonyl (C=O) groups excluding carboxylic acids is 1. The molecule has 0 aromatic heterocycles. The molecule has 58 valence electrons. The van der Waals surface area contributed by atoms with E-state index in [0.717, 1.165) is 0 Å². The maximum Gasteiger partial charge on any atom is 0.306 e. The minimum Gasteiger partial charge on any atom is -0.465 e. The molecule has 0 spiro atoms. The molecule has 1 fully saturated rings. The molecule has 1 aliphatic heterocycles. The van der Waals surface area contributed by atoms with Gasteiger partial charge < -0.3 is 9.26 Å². The molecule has 0 bridgehead atoms. The fraction of sp³-hybridized carbons (Fsp3) is 0.800. The van der Waals surface area contributed by atoms with Crippen molar-refractivity contribution in [2.75, 3.05) is 13.7 Å². The number of hydrogen-bond acceptors (Lipinski definition) is 4. The highest BCUT2D eigenvalue weighted by atomic mass is 31.1. The van der Waals surface area contributed by atoms with Gasteiger partial charge in [0.05, 0.1) is 12.1 Å². The van der Waals surface area contributed by atoms with E-state index in [2.05, 4.69) is 9.26 Å². The number of carbonyl (C=O) groups is 1. The van der Waals surface area contributed by atoms with E-state index in [0.29, 0.717) is 0 Å². The summed E-state index contributed by atoms with van der Waals surface area (Å²) in [6.45, 7) is 0.254. The van der Waals surface area contributed by atoms with Gasteiger partial charge in [0.1, 0.15) is 6.61 Å². The number of ether oxygens (including phenoxy) is 1. The van der Waals surface area contributed by atoms with Gasteiger partial charge in [-0.15, -0.1) is 0 Å². The molecule has 1 saturated heterocycles. The Hall–Kier alpha value is -0.340. The van der Waals surface area contributed by atoms with Crippen molar-refractivity contribution in [3.63, 3.8) is 0 Å². The van der Waals surface area contributed by atoms with Crippen molar-refractivity contribution in [2.24, 2.45) is 0 Å². The average molecular weight is 164 g/mol. The summed E-state index contributed by atoms with van der Waals surface area (Å²) in [7, 11) is -0.656. The van der Waals surface area contributed by atoms with E-state index in [4.69, 9.17) is 0 Å². The van der Waals surface area contributed by atoms with E-state index < -0.39 is 8.03 Å². The quantitative estimate of drug-likeness (QED) is 0.438. The van der Waals surface area contributed by atoms with Crippen LogP contribution in [0.5, 0.6) is 0 Å². The van der Waals surface area contributed by atoms with Crippen molar-refractivity contribution in [1.29, 1.82) is 0 Å². The second-order valence-corrected chi connectivity index (χ2v) is 3.97. The standard InChI is InChI=1S/C5H9O4P/c1-8-10(7)4-2-5(6)9-3-4/h4,10H,2-3H2,1H3. The zero-order valence-electron chi connectivity index (χ0n) is 5.62. The van der Waals surface area contributed by atoms with Gasteiger partial charge in [-0.2, -0.15) is 0 Å². The molecule has 0 aromatic rings. The summed E-state index contributed by atoms with van der Waals surface area (Å²) >= 11 is 0. The third-order valence-corrected chi connectivity index (χ3v) is 2.83. The van der Waals surface area contributed by atoms with Crippen LogP contribution >= 0.6 is 8.03 Å². The first-order valence-electron chi connectivity index (χ1n) is 2.97. The Bertz CT molecular complexity index is 167. The fourth-order valence-corrected chi connectivity index (χ4v) is 1.72. The van der Waals surface area contributed by atoms with Crippen LogP contribution in [0.2, 0.25) is 0 Å². The minimum atomic E-state index is -2.04. The summed E-state index contributed by atoms with van der Waals surface area (Å²) < 4.78 is 20.1. The first-order chi connectivity index (χ1) is 4.74. The van der Waals surface area contributed by atoms with Crippen LogP contribution in [0.25, 0.3) is 0 Å². The van der Waals surface area contributed by atoms with Gasteiger partial charge in [0.2, 0.25) is 0 Å². The lowest BCUT2D eigenvalue weighted by Crippen LogP contribution is -2.00. The number of cyclic esters (lactones) is 1. The molecule has 0 amide bonds. The van der Waals surface area contributed by atoms with Gasteiger partial charge in [-0.25, -0.2) is 0 Å². The van der Waals surface area contributed by atoms with Crippen molar-refractivity contribution < 1.29 is 18.6 Å². The van der Waals surface area contributed by atoms with E-state index in [1.807, 2.05) is 0 Å². The number of hydrogen-bond donors (Lipinski definition) is 0. The molecule has 0 saturated carbocycles. The molecule has 1 heterocycles. The van der Waals surface area contributed by atoms with Gasteiger partial charge >= 0.3 is 5.97 Å². The Balaban J connectivity index is 2.44. The van der Waals surface area contributed by atoms with Gasteiger partial charge in [-0.05, 0) is 0 Å². The molecular formula is C5H9O4P. The summed E-state index contributed by atoms with van der Waals surface area (Å²) in [5, 5.41) is 0. The Morgan fingerprint density at radius 1 is 1.80 bits per heavy atom. The molecule has 0 aliphatic carbocycles. The molecule has 1 aliphatic rings. The van der Waals surface area contributed by atoms with Crippen molar-refractivity contribution in [2.45, 2.75) is 12.1 Å². The van der Waals surface area contributed by atoms with Gasteiger partial charge in [-0.3, -0.25) is 9.36 Å². The maximum absolute atomic E-state index is 10.9. The lowest BCUT2D eigenvalue weighted by atomic mass is 10.4. The zero-order chi connectivity index (χ0) is 7.56. The highest BCUT2D eigenvalue weighted by molar-refractivity contribution is 7.40. The summed E-state index contributed by atoms with van der Waals surface area (Å²) in [5.41, 5.74) is -0.192. The van der Waals surface area contributed by atoms with E-state index in [-0.39, 0.29) is 24.7 Å². The Kier molecular flexibility index (Phi) is 2.46. The zero-order valence-corrected chi connectivity index (χ0v) is 6.62. The molecule has 0 radical (unpaired) electrons. The lowest BCUT2D eigenvalue weighted by molar-refractivity contribution is -0.137. The molecule has 0 aromatic carbocycles. The third-order valence-electron chi connectivity index (χ3n) is 1.39. The predicted octanol–water partition coefficient (Wildman–Crippen LogP) is 0.423.